The largest absolute Gasteiger partial charge is 0.193 e. The molecule has 0 amide bonds. The Morgan fingerprint density at radius 2 is 2.00 bits per heavy atom. The number of unbranched alkanes of at least 4 members (excludes halogenated alkanes) is 1. The zero-order valence-corrected chi connectivity index (χ0v) is 10.9. The SMILES string of the molecule is CCCCc1nnn(S)c1Cc1ccccc1. The molecule has 2 aromatic rings. The van der Waals surface area contributed by atoms with Crippen molar-refractivity contribution in [2.45, 2.75) is 32.6 Å². The van der Waals surface area contributed by atoms with E-state index in [2.05, 4.69) is 42.2 Å². The van der Waals surface area contributed by atoms with Gasteiger partial charge in [-0.15, -0.1) is 5.10 Å². The Kier molecular flexibility index (Phi) is 4.20. The first-order valence-corrected chi connectivity index (χ1v) is 6.38. The molecule has 0 fully saturated rings. The summed E-state index contributed by atoms with van der Waals surface area (Å²) in [6.45, 7) is 2.18. The standard InChI is InChI=1S/C13H17N3S/c1-2-3-9-12-13(16(17)15-14-12)10-11-7-5-4-6-8-11/h4-8,17H,2-3,9-10H2,1H3. The van der Waals surface area contributed by atoms with Gasteiger partial charge in [0.1, 0.15) is 0 Å². The molecule has 0 radical (unpaired) electrons. The average molecular weight is 247 g/mol. The molecule has 0 aliphatic carbocycles. The summed E-state index contributed by atoms with van der Waals surface area (Å²) in [5.41, 5.74) is 3.45. The molecule has 0 unspecified atom stereocenters. The molecule has 1 heterocycles. The van der Waals surface area contributed by atoms with Gasteiger partial charge in [0.2, 0.25) is 0 Å². The van der Waals surface area contributed by atoms with Crippen molar-refractivity contribution in [1.82, 2.24) is 14.4 Å². The number of aromatic nitrogens is 3. The molecule has 3 nitrogen and oxygen atoms in total. The maximum atomic E-state index is 4.31. The maximum Gasteiger partial charge on any atom is 0.0873 e. The van der Waals surface area contributed by atoms with Crippen LogP contribution in [0.3, 0.4) is 0 Å². The molecule has 0 saturated heterocycles. The molecule has 0 N–H and O–H groups in total. The normalized spacial score (nSPS) is 10.7. The molecule has 0 saturated carbocycles. The number of thiol groups is 1. The fourth-order valence-electron chi connectivity index (χ4n) is 1.82. The van der Waals surface area contributed by atoms with Gasteiger partial charge in [-0.2, -0.15) is 4.09 Å². The van der Waals surface area contributed by atoms with E-state index in [4.69, 9.17) is 0 Å². The van der Waals surface area contributed by atoms with Gasteiger partial charge in [-0.25, -0.2) is 0 Å². The van der Waals surface area contributed by atoms with Gasteiger partial charge < -0.3 is 0 Å². The van der Waals surface area contributed by atoms with Crippen LogP contribution in [0.2, 0.25) is 0 Å². The monoisotopic (exact) mass is 247 g/mol. The van der Waals surface area contributed by atoms with Gasteiger partial charge in [0.25, 0.3) is 0 Å². The van der Waals surface area contributed by atoms with E-state index in [9.17, 15) is 0 Å². The van der Waals surface area contributed by atoms with E-state index in [1.165, 1.54) is 12.0 Å². The molecule has 0 bridgehead atoms. The number of nitrogens with zero attached hydrogens (tertiary/aromatic N) is 3. The van der Waals surface area contributed by atoms with Crippen molar-refractivity contribution in [2.24, 2.45) is 0 Å². The molecule has 1 aromatic carbocycles. The van der Waals surface area contributed by atoms with E-state index in [1.807, 2.05) is 18.2 Å². The predicted octanol–water partition coefficient (Wildman–Crippen LogP) is 2.90. The van der Waals surface area contributed by atoms with Crippen LogP contribution in [0.15, 0.2) is 30.3 Å². The van der Waals surface area contributed by atoms with Gasteiger partial charge in [-0.3, -0.25) is 0 Å². The average Bonchev–Trinajstić information content (AvgIpc) is 2.70. The van der Waals surface area contributed by atoms with Crippen molar-refractivity contribution in [3.05, 3.63) is 47.3 Å². The minimum absolute atomic E-state index is 0.844. The number of benzene rings is 1. The Balaban J connectivity index is 2.17. The summed E-state index contributed by atoms with van der Waals surface area (Å²) in [6.07, 6.45) is 4.15. The van der Waals surface area contributed by atoms with E-state index >= 15 is 0 Å². The Morgan fingerprint density at radius 1 is 1.24 bits per heavy atom. The van der Waals surface area contributed by atoms with Gasteiger partial charge in [-0.05, 0) is 31.2 Å². The van der Waals surface area contributed by atoms with Crippen LogP contribution < -0.4 is 0 Å². The highest BCUT2D eigenvalue weighted by atomic mass is 32.1. The number of hydrogen-bond acceptors (Lipinski definition) is 3. The fraction of sp³-hybridized carbons (Fsp3) is 0.385. The van der Waals surface area contributed by atoms with E-state index in [0.717, 1.165) is 30.7 Å². The van der Waals surface area contributed by atoms with Gasteiger partial charge in [-0.1, -0.05) is 48.9 Å². The summed E-state index contributed by atoms with van der Waals surface area (Å²) < 4.78 is 1.60. The van der Waals surface area contributed by atoms with Gasteiger partial charge in [0.05, 0.1) is 11.4 Å². The number of hydrogen-bond donors (Lipinski definition) is 1. The summed E-state index contributed by atoms with van der Waals surface area (Å²) in [4.78, 5) is 0. The molecule has 0 aliphatic rings. The highest BCUT2D eigenvalue weighted by Gasteiger charge is 2.11. The maximum absolute atomic E-state index is 4.31. The van der Waals surface area contributed by atoms with Crippen molar-refractivity contribution in [1.29, 1.82) is 0 Å². The van der Waals surface area contributed by atoms with E-state index < -0.39 is 0 Å². The lowest BCUT2D eigenvalue weighted by Crippen LogP contribution is -1.98. The summed E-state index contributed by atoms with van der Waals surface area (Å²) in [7, 11) is 0. The zero-order valence-electron chi connectivity index (χ0n) is 10.0. The highest BCUT2D eigenvalue weighted by Crippen LogP contribution is 2.15. The lowest BCUT2D eigenvalue weighted by atomic mass is 10.1. The minimum atomic E-state index is 0.844. The quantitative estimate of drug-likeness (QED) is 0.824. The Labute approximate surface area is 107 Å². The Hall–Kier alpha value is -1.29. The minimum Gasteiger partial charge on any atom is -0.193 e. The number of rotatable bonds is 5. The Morgan fingerprint density at radius 3 is 2.71 bits per heavy atom. The number of aryl methyl sites for hydroxylation is 1. The summed E-state index contributed by atoms with van der Waals surface area (Å²) in [5, 5.41) is 8.18. The van der Waals surface area contributed by atoms with Crippen LogP contribution in [-0.2, 0) is 12.8 Å². The summed E-state index contributed by atoms with van der Waals surface area (Å²) in [6, 6.07) is 10.4. The first-order chi connectivity index (χ1) is 8.31. The summed E-state index contributed by atoms with van der Waals surface area (Å²) >= 11 is 4.31. The molecular formula is C13H17N3S. The van der Waals surface area contributed by atoms with Gasteiger partial charge >= 0.3 is 0 Å². The molecule has 0 aliphatic heterocycles. The lowest BCUT2D eigenvalue weighted by molar-refractivity contribution is 0.766. The molecule has 90 valence electrons. The van der Waals surface area contributed by atoms with Crippen LogP contribution in [0.5, 0.6) is 0 Å². The second kappa shape index (κ2) is 5.87. The van der Waals surface area contributed by atoms with Crippen molar-refractivity contribution >= 4 is 12.8 Å². The van der Waals surface area contributed by atoms with Crippen LogP contribution in [0.1, 0.15) is 36.7 Å². The fourth-order valence-corrected chi connectivity index (χ4v) is 2.05. The second-order valence-electron chi connectivity index (χ2n) is 4.14. The molecule has 4 heteroatoms. The Bertz CT molecular complexity index is 465. The van der Waals surface area contributed by atoms with Crippen LogP contribution in [0, 0.1) is 0 Å². The van der Waals surface area contributed by atoms with E-state index in [1.54, 1.807) is 4.09 Å². The second-order valence-corrected chi connectivity index (χ2v) is 4.52. The summed E-state index contributed by atoms with van der Waals surface area (Å²) in [5.74, 6) is 0. The third-order valence-corrected chi connectivity index (χ3v) is 3.13. The van der Waals surface area contributed by atoms with Crippen molar-refractivity contribution in [2.75, 3.05) is 0 Å². The van der Waals surface area contributed by atoms with Crippen LogP contribution in [-0.4, -0.2) is 14.4 Å². The molecule has 0 spiro atoms. The van der Waals surface area contributed by atoms with Gasteiger partial charge in [0, 0.05) is 6.42 Å². The predicted molar refractivity (Wildman–Crippen MR) is 72.3 cm³/mol. The highest BCUT2D eigenvalue weighted by molar-refractivity contribution is 7.78. The van der Waals surface area contributed by atoms with E-state index in [-0.39, 0.29) is 0 Å². The first kappa shape index (κ1) is 12.2. The molecule has 2 rings (SSSR count). The van der Waals surface area contributed by atoms with Crippen molar-refractivity contribution in [3.8, 4) is 0 Å². The van der Waals surface area contributed by atoms with E-state index in [0.29, 0.717) is 0 Å². The molecule has 1 aromatic heterocycles. The molecular weight excluding hydrogens is 230 g/mol. The molecule has 0 atom stereocenters. The zero-order chi connectivity index (χ0) is 12.1. The first-order valence-electron chi connectivity index (χ1n) is 5.98. The van der Waals surface area contributed by atoms with Gasteiger partial charge in [0.15, 0.2) is 0 Å². The van der Waals surface area contributed by atoms with Crippen LogP contribution in [0.25, 0.3) is 0 Å². The van der Waals surface area contributed by atoms with Crippen LogP contribution >= 0.6 is 12.8 Å². The third kappa shape index (κ3) is 3.09. The van der Waals surface area contributed by atoms with Crippen molar-refractivity contribution < 1.29 is 0 Å². The van der Waals surface area contributed by atoms with Crippen molar-refractivity contribution in [3.63, 3.8) is 0 Å². The lowest BCUT2D eigenvalue weighted by Gasteiger charge is -2.03. The topological polar surface area (TPSA) is 30.7 Å². The smallest absolute Gasteiger partial charge is 0.0873 e. The molecule has 17 heavy (non-hydrogen) atoms. The van der Waals surface area contributed by atoms with Crippen LogP contribution in [0.4, 0.5) is 0 Å². The third-order valence-electron chi connectivity index (χ3n) is 2.81.